The maximum Gasteiger partial charge on any atom is 0.315 e. The van der Waals surface area contributed by atoms with Gasteiger partial charge in [0.2, 0.25) is 0 Å². The molecule has 2 aliphatic carbocycles. The smallest absolute Gasteiger partial charge is 0.315 e. The van der Waals surface area contributed by atoms with E-state index in [1.54, 1.807) is 0 Å². The third-order valence-electron chi connectivity index (χ3n) is 4.48. The summed E-state index contributed by atoms with van der Waals surface area (Å²) < 4.78 is 0. The van der Waals surface area contributed by atoms with Crippen LogP contribution in [0.2, 0.25) is 0 Å². The molecule has 18 heavy (non-hydrogen) atoms. The second-order valence-corrected chi connectivity index (χ2v) is 5.66. The molecule has 0 aliphatic heterocycles. The Morgan fingerprint density at radius 2 is 2.06 bits per heavy atom. The first-order chi connectivity index (χ1) is 8.56. The molecule has 0 aromatic heterocycles. The van der Waals surface area contributed by atoms with Gasteiger partial charge in [0.1, 0.15) is 0 Å². The number of amides is 2. The molecule has 0 aromatic rings. The highest BCUT2D eigenvalue weighted by Crippen LogP contribution is 2.47. The van der Waals surface area contributed by atoms with E-state index in [2.05, 4.69) is 17.6 Å². The topological polar surface area (TPSA) is 78.4 Å². The summed E-state index contributed by atoms with van der Waals surface area (Å²) in [5, 5.41) is 14.7. The Kier molecular flexibility index (Phi) is 3.78. The lowest BCUT2D eigenvalue weighted by Crippen LogP contribution is -2.46. The van der Waals surface area contributed by atoms with E-state index >= 15 is 0 Å². The summed E-state index contributed by atoms with van der Waals surface area (Å²) in [6.07, 6.45) is 5.77. The third kappa shape index (κ3) is 2.94. The number of urea groups is 1. The van der Waals surface area contributed by atoms with E-state index in [-0.39, 0.29) is 12.1 Å². The SMILES string of the molecule is CCC1(CNC(=O)NC2CCCC2C(=O)O)CC1. The zero-order valence-corrected chi connectivity index (χ0v) is 10.9. The first-order valence-electron chi connectivity index (χ1n) is 6.83. The van der Waals surface area contributed by atoms with Gasteiger partial charge in [0.05, 0.1) is 5.92 Å². The Morgan fingerprint density at radius 1 is 1.33 bits per heavy atom. The number of nitrogens with one attached hydrogen (secondary N) is 2. The molecule has 2 fully saturated rings. The zero-order chi connectivity index (χ0) is 13.2. The standard InChI is InChI=1S/C13H22N2O3/c1-2-13(6-7-13)8-14-12(18)15-10-5-3-4-9(10)11(16)17/h9-10H,2-8H2,1H3,(H,16,17)(H2,14,15,18). The molecule has 5 nitrogen and oxygen atoms in total. The number of carbonyl (C=O) groups is 2. The fraction of sp³-hybridized carbons (Fsp3) is 0.846. The lowest BCUT2D eigenvalue weighted by atomic mass is 10.0. The molecule has 5 heteroatoms. The molecule has 0 saturated heterocycles. The van der Waals surface area contributed by atoms with Gasteiger partial charge in [-0.1, -0.05) is 13.3 Å². The normalized spacial score (nSPS) is 28.7. The molecule has 3 N–H and O–H groups in total. The van der Waals surface area contributed by atoms with E-state index in [0.717, 1.165) is 19.3 Å². The molecule has 0 radical (unpaired) electrons. The van der Waals surface area contributed by atoms with Gasteiger partial charge in [-0.25, -0.2) is 4.79 Å². The Balaban J connectivity index is 1.75. The Bertz CT molecular complexity index is 339. The van der Waals surface area contributed by atoms with Gasteiger partial charge in [0.25, 0.3) is 0 Å². The van der Waals surface area contributed by atoms with Crippen molar-refractivity contribution in [1.29, 1.82) is 0 Å². The highest BCUT2D eigenvalue weighted by Gasteiger charge is 2.41. The predicted molar refractivity (Wildman–Crippen MR) is 67.3 cm³/mol. The van der Waals surface area contributed by atoms with Crippen molar-refractivity contribution in [3.05, 3.63) is 0 Å². The van der Waals surface area contributed by atoms with Crippen LogP contribution in [-0.4, -0.2) is 29.7 Å². The summed E-state index contributed by atoms with van der Waals surface area (Å²) in [6, 6.07) is -0.424. The average Bonchev–Trinajstić information content (AvgIpc) is 2.98. The maximum atomic E-state index is 11.7. The third-order valence-corrected chi connectivity index (χ3v) is 4.48. The Hall–Kier alpha value is -1.26. The molecule has 2 saturated carbocycles. The van der Waals surface area contributed by atoms with Crippen molar-refractivity contribution < 1.29 is 14.7 Å². The van der Waals surface area contributed by atoms with E-state index in [1.165, 1.54) is 12.8 Å². The molecule has 0 aromatic carbocycles. The maximum absolute atomic E-state index is 11.7. The summed E-state index contributed by atoms with van der Waals surface area (Å²) >= 11 is 0. The number of hydrogen-bond donors (Lipinski definition) is 3. The summed E-state index contributed by atoms with van der Waals surface area (Å²) in [6.45, 7) is 2.85. The molecule has 0 heterocycles. The lowest BCUT2D eigenvalue weighted by Gasteiger charge is -2.19. The first kappa shape index (κ1) is 13.2. The first-order valence-corrected chi connectivity index (χ1v) is 6.83. The van der Waals surface area contributed by atoms with Crippen LogP contribution in [0, 0.1) is 11.3 Å². The number of hydrogen-bond acceptors (Lipinski definition) is 2. The van der Waals surface area contributed by atoms with E-state index in [4.69, 9.17) is 5.11 Å². The van der Waals surface area contributed by atoms with Crippen molar-refractivity contribution >= 4 is 12.0 Å². The molecular formula is C13H22N2O3. The van der Waals surface area contributed by atoms with Gasteiger partial charge in [0, 0.05) is 12.6 Å². The number of aliphatic carboxylic acids is 1. The lowest BCUT2D eigenvalue weighted by molar-refractivity contribution is -0.142. The fourth-order valence-corrected chi connectivity index (χ4v) is 2.75. The van der Waals surface area contributed by atoms with Crippen molar-refractivity contribution in [2.24, 2.45) is 11.3 Å². The van der Waals surface area contributed by atoms with Crippen LogP contribution in [0.15, 0.2) is 0 Å². The molecule has 2 atom stereocenters. The molecule has 0 bridgehead atoms. The number of carboxylic acids is 1. The largest absolute Gasteiger partial charge is 0.481 e. The van der Waals surface area contributed by atoms with Gasteiger partial charge in [-0.05, 0) is 37.5 Å². The van der Waals surface area contributed by atoms with Crippen molar-refractivity contribution in [3.63, 3.8) is 0 Å². The molecule has 2 aliphatic rings. The molecule has 102 valence electrons. The Morgan fingerprint density at radius 3 is 2.61 bits per heavy atom. The van der Waals surface area contributed by atoms with E-state index in [0.29, 0.717) is 18.4 Å². The minimum Gasteiger partial charge on any atom is -0.481 e. The minimum absolute atomic E-state index is 0.209. The number of carboxylic acid groups (broad SMARTS) is 1. The van der Waals surface area contributed by atoms with E-state index in [9.17, 15) is 9.59 Å². The number of carbonyl (C=O) groups excluding carboxylic acids is 1. The monoisotopic (exact) mass is 254 g/mol. The fourth-order valence-electron chi connectivity index (χ4n) is 2.75. The molecule has 0 spiro atoms. The van der Waals surface area contributed by atoms with Crippen LogP contribution in [-0.2, 0) is 4.79 Å². The van der Waals surface area contributed by atoms with Gasteiger partial charge in [-0.15, -0.1) is 0 Å². The van der Waals surface area contributed by atoms with Crippen LogP contribution < -0.4 is 10.6 Å². The van der Waals surface area contributed by atoms with Gasteiger partial charge in [0.15, 0.2) is 0 Å². The summed E-state index contributed by atoms with van der Waals surface area (Å²) in [5.74, 6) is -1.22. The summed E-state index contributed by atoms with van der Waals surface area (Å²) in [5.41, 5.74) is 0.319. The summed E-state index contributed by atoms with van der Waals surface area (Å²) in [7, 11) is 0. The van der Waals surface area contributed by atoms with Crippen molar-refractivity contribution in [2.45, 2.75) is 51.5 Å². The number of rotatable bonds is 5. The van der Waals surface area contributed by atoms with Crippen LogP contribution in [0.3, 0.4) is 0 Å². The van der Waals surface area contributed by atoms with Gasteiger partial charge < -0.3 is 15.7 Å². The van der Waals surface area contributed by atoms with Crippen molar-refractivity contribution in [3.8, 4) is 0 Å². The second-order valence-electron chi connectivity index (χ2n) is 5.66. The van der Waals surface area contributed by atoms with Crippen LogP contribution in [0.4, 0.5) is 4.79 Å². The van der Waals surface area contributed by atoms with Crippen molar-refractivity contribution in [2.75, 3.05) is 6.54 Å². The summed E-state index contributed by atoms with van der Waals surface area (Å²) in [4.78, 5) is 22.7. The molecule has 2 amide bonds. The minimum atomic E-state index is -0.801. The molecule has 2 unspecified atom stereocenters. The second kappa shape index (κ2) is 5.16. The average molecular weight is 254 g/mol. The zero-order valence-electron chi connectivity index (χ0n) is 10.9. The van der Waals surface area contributed by atoms with Crippen LogP contribution in [0.1, 0.15) is 45.4 Å². The van der Waals surface area contributed by atoms with Gasteiger partial charge in [-0.3, -0.25) is 4.79 Å². The van der Waals surface area contributed by atoms with E-state index in [1.807, 2.05) is 0 Å². The highest BCUT2D eigenvalue weighted by atomic mass is 16.4. The van der Waals surface area contributed by atoms with Crippen LogP contribution in [0.25, 0.3) is 0 Å². The highest BCUT2D eigenvalue weighted by molar-refractivity contribution is 5.77. The predicted octanol–water partition coefficient (Wildman–Crippen LogP) is 1.73. The van der Waals surface area contributed by atoms with Crippen LogP contribution in [0.5, 0.6) is 0 Å². The van der Waals surface area contributed by atoms with Gasteiger partial charge >= 0.3 is 12.0 Å². The Labute approximate surface area is 107 Å². The quantitative estimate of drug-likeness (QED) is 0.699. The van der Waals surface area contributed by atoms with E-state index < -0.39 is 11.9 Å². The van der Waals surface area contributed by atoms with Crippen LogP contribution >= 0.6 is 0 Å². The molecule has 2 rings (SSSR count). The van der Waals surface area contributed by atoms with Crippen molar-refractivity contribution in [1.82, 2.24) is 10.6 Å². The van der Waals surface area contributed by atoms with Gasteiger partial charge in [-0.2, -0.15) is 0 Å². The molecular weight excluding hydrogens is 232 g/mol.